The molecule has 4 heteroatoms. The Morgan fingerprint density at radius 1 is 1.33 bits per heavy atom. The van der Waals surface area contributed by atoms with Gasteiger partial charge < -0.3 is 10.4 Å². The van der Waals surface area contributed by atoms with Crippen molar-refractivity contribution >= 4 is 11.6 Å². The van der Waals surface area contributed by atoms with E-state index < -0.39 is 5.60 Å². The Bertz CT molecular complexity index is 502. The minimum Gasteiger partial charge on any atom is -0.387 e. The Morgan fingerprint density at radius 3 is 2.57 bits per heavy atom. The van der Waals surface area contributed by atoms with Crippen molar-refractivity contribution in [2.45, 2.75) is 38.2 Å². The number of carbonyl (C=O) groups excluding carboxylic acids is 1. The normalized spacial score (nSPS) is 20.9. The Balaban J connectivity index is 1.44. The number of nitrogens with one attached hydrogen (secondary N) is 1. The number of nitrogens with zero attached hydrogens (tertiary/aromatic N) is 1. The number of carbonyl (C=O) groups is 1. The van der Waals surface area contributed by atoms with Crippen LogP contribution >= 0.6 is 0 Å². The number of hydrogen-bond acceptors (Lipinski definition) is 3. The predicted octanol–water partition coefficient (Wildman–Crippen LogP) is 2.03. The maximum absolute atomic E-state index is 12.0. The van der Waals surface area contributed by atoms with E-state index in [9.17, 15) is 9.90 Å². The molecule has 3 rings (SSSR count). The average molecular weight is 288 g/mol. The largest absolute Gasteiger partial charge is 0.387 e. The number of rotatable bonds is 6. The van der Waals surface area contributed by atoms with Crippen molar-refractivity contribution < 1.29 is 9.90 Å². The highest BCUT2D eigenvalue weighted by Crippen LogP contribution is 2.44. The van der Waals surface area contributed by atoms with Crippen LogP contribution in [0.3, 0.4) is 0 Å². The van der Waals surface area contributed by atoms with Gasteiger partial charge in [0.1, 0.15) is 0 Å². The summed E-state index contributed by atoms with van der Waals surface area (Å²) in [5, 5.41) is 13.2. The van der Waals surface area contributed by atoms with Crippen molar-refractivity contribution in [2.75, 3.05) is 25.0 Å². The lowest BCUT2D eigenvalue weighted by molar-refractivity contribution is -0.132. The Morgan fingerprint density at radius 2 is 2.00 bits per heavy atom. The number of likely N-dealkylation sites (tertiary alicyclic amines) is 1. The average Bonchev–Trinajstić information content (AvgIpc) is 3.24. The third-order valence-electron chi connectivity index (χ3n) is 4.48. The number of amides is 1. The SMILES string of the molecule is CCCc1ccc(NC(=O)CN2CC(O)(C3CC3)C2)cc1. The van der Waals surface area contributed by atoms with Gasteiger partial charge in [-0.15, -0.1) is 0 Å². The molecule has 0 radical (unpaired) electrons. The maximum Gasteiger partial charge on any atom is 0.238 e. The number of hydrogen-bond donors (Lipinski definition) is 2. The van der Waals surface area contributed by atoms with Gasteiger partial charge in [-0.2, -0.15) is 0 Å². The maximum atomic E-state index is 12.0. The number of benzene rings is 1. The van der Waals surface area contributed by atoms with Crippen LogP contribution in [0.1, 0.15) is 31.7 Å². The summed E-state index contributed by atoms with van der Waals surface area (Å²) in [7, 11) is 0. The molecule has 4 nitrogen and oxygen atoms in total. The second-order valence-corrected chi connectivity index (χ2v) is 6.52. The molecule has 21 heavy (non-hydrogen) atoms. The van der Waals surface area contributed by atoms with E-state index in [-0.39, 0.29) is 5.91 Å². The van der Waals surface area contributed by atoms with Crippen LogP contribution in [0.5, 0.6) is 0 Å². The van der Waals surface area contributed by atoms with Crippen molar-refractivity contribution in [1.29, 1.82) is 0 Å². The molecule has 0 atom stereocenters. The van der Waals surface area contributed by atoms with Crippen LogP contribution in [0.4, 0.5) is 5.69 Å². The standard InChI is InChI=1S/C17H24N2O2/c1-2-3-13-4-8-15(9-5-13)18-16(20)10-19-11-17(21,12-19)14-6-7-14/h4-5,8-9,14,21H,2-3,6-7,10-12H2,1H3,(H,18,20). The second kappa shape index (κ2) is 5.78. The second-order valence-electron chi connectivity index (χ2n) is 6.52. The minimum atomic E-state index is -0.512. The van der Waals surface area contributed by atoms with Gasteiger partial charge in [-0.3, -0.25) is 9.69 Å². The number of aryl methyl sites for hydroxylation is 1. The first kappa shape index (κ1) is 14.5. The molecule has 1 heterocycles. The molecule has 0 spiro atoms. The quantitative estimate of drug-likeness (QED) is 0.842. The van der Waals surface area contributed by atoms with E-state index in [1.807, 2.05) is 17.0 Å². The third-order valence-corrected chi connectivity index (χ3v) is 4.48. The fourth-order valence-electron chi connectivity index (χ4n) is 3.17. The van der Waals surface area contributed by atoms with Gasteiger partial charge in [-0.05, 0) is 42.9 Å². The van der Waals surface area contributed by atoms with Gasteiger partial charge in [-0.25, -0.2) is 0 Å². The molecule has 2 aliphatic rings. The molecule has 1 amide bonds. The highest BCUT2D eigenvalue weighted by atomic mass is 16.3. The van der Waals surface area contributed by atoms with Crippen molar-refractivity contribution in [3.05, 3.63) is 29.8 Å². The first-order valence-corrected chi connectivity index (χ1v) is 7.92. The summed E-state index contributed by atoms with van der Waals surface area (Å²) in [6.45, 7) is 3.80. The first-order chi connectivity index (χ1) is 10.1. The molecular formula is C17H24N2O2. The molecule has 1 saturated carbocycles. The minimum absolute atomic E-state index is 0.00362. The Hall–Kier alpha value is -1.39. The molecule has 1 aliphatic carbocycles. The van der Waals surface area contributed by atoms with Crippen LogP contribution in [-0.4, -0.2) is 41.1 Å². The Kier molecular flexibility index (Phi) is 4.00. The summed E-state index contributed by atoms with van der Waals surface area (Å²) < 4.78 is 0. The zero-order valence-electron chi connectivity index (χ0n) is 12.6. The molecule has 2 N–H and O–H groups in total. The lowest BCUT2D eigenvalue weighted by Gasteiger charge is -2.46. The third kappa shape index (κ3) is 3.44. The monoisotopic (exact) mass is 288 g/mol. The van der Waals surface area contributed by atoms with Gasteiger partial charge in [0.25, 0.3) is 0 Å². The molecule has 0 bridgehead atoms. The topological polar surface area (TPSA) is 52.6 Å². The van der Waals surface area contributed by atoms with Crippen LogP contribution in [0.15, 0.2) is 24.3 Å². The van der Waals surface area contributed by atoms with Gasteiger partial charge in [0.05, 0.1) is 12.1 Å². The highest BCUT2D eigenvalue weighted by Gasteiger charge is 2.51. The fraction of sp³-hybridized carbons (Fsp3) is 0.588. The summed E-state index contributed by atoms with van der Waals surface area (Å²) in [4.78, 5) is 14.0. The van der Waals surface area contributed by atoms with Crippen LogP contribution in [0.25, 0.3) is 0 Å². The van der Waals surface area contributed by atoms with Gasteiger partial charge >= 0.3 is 0 Å². The van der Waals surface area contributed by atoms with E-state index >= 15 is 0 Å². The van der Waals surface area contributed by atoms with E-state index in [0.717, 1.165) is 31.4 Å². The molecule has 0 aromatic heterocycles. The summed E-state index contributed by atoms with van der Waals surface area (Å²) in [5.74, 6) is 0.471. The van der Waals surface area contributed by atoms with Crippen LogP contribution in [0.2, 0.25) is 0 Å². The molecule has 1 aliphatic heterocycles. The fourth-order valence-corrected chi connectivity index (χ4v) is 3.17. The van der Waals surface area contributed by atoms with Gasteiger partial charge in [-0.1, -0.05) is 25.5 Å². The number of aliphatic hydroxyl groups is 1. The van der Waals surface area contributed by atoms with E-state index in [1.54, 1.807) is 0 Å². The highest BCUT2D eigenvalue weighted by molar-refractivity contribution is 5.92. The van der Waals surface area contributed by atoms with Gasteiger partial charge in [0.2, 0.25) is 5.91 Å². The summed E-state index contributed by atoms with van der Waals surface area (Å²) in [6.07, 6.45) is 4.48. The van der Waals surface area contributed by atoms with Gasteiger partial charge in [0, 0.05) is 18.8 Å². The van der Waals surface area contributed by atoms with Crippen LogP contribution in [-0.2, 0) is 11.2 Å². The molecule has 1 aromatic carbocycles. The lowest BCUT2D eigenvalue weighted by atomic mass is 9.89. The zero-order valence-corrected chi connectivity index (χ0v) is 12.6. The summed E-state index contributed by atoms with van der Waals surface area (Å²) in [5.41, 5.74) is 1.63. The first-order valence-electron chi connectivity index (χ1n) is 7.92. The molecule has 1 aromatic rings. The molecular weight excluding hydrogens is 264 g/mol. The molecule has 1 saturated heterocycles. The van der Waals surface area contributed by atoms with E-state index in [4.69, 9.17) is 0 Å². The number of β-amino-alcohol motifs (C(OH)–C–C–N with tert-alkyl or cyclic N) is 1. The van der Waals surface area contributed by atoms with Crippen molar-refractivity contribution in [3.8, 4) is 0 Å². The number of anilines is 1. The van der Waals surface area contributed by atoms with Gasteiger partial charge in [0.15, 0.2) is 0 Å². The lowest BCUT2D eigenvalue weighted by Crippen LogP contribution is -2.64. The molecule has 0 unspecified atom stereocenters. The molecule has 114 valence electrons. The predicted molar refractivity (Wildman–Crippen MR) is 83.2 cm³/mol. The van der Waals surface area contributed by atoms with E-state index in [0.29, 0.717) is 25.6 Å². The zero-order chi connectivity index (χ0) is 14.9. The van der Waals surface area contributed by atoms with Crippen molar-refractivity contribution in [2.24, 2.45) is 5.92 Å². The van der Waals surface area contributed by atoms with E-state index in [1.165, 1.54) is 5.56 Å². The van der Waals surface area contributed by atoms with E-state index in [2.05, 4.69) is 24.4 Å². The molecule has 2 fully saturated rings. The van der Waals surface area contributed by atoms with Crippen LogP contribution in [0, 0.1) is 5.92 Å². The smallest absolute Gasteiger partial charge is 0.238 e. The summed E-state index contributed by atoms with van der Waals surface area (Å²) >= 11 is 0. The van der Waals surface area contributed by atoms with Crippen molar-refractivity contribution in [1.82, 2.24) is 4.90 Å². The Labute approximate surface area is 126 Å². The van der Waals surface area contributed by atoms with Crippen molar-refractivity contribution in [3.63, 3.8) is 0 Å². The van der Waals surface area contributed by atoms with Crippen LogP contribution < -0.4 is 5.32 Å². The summed E-state index contributed by atoms with van der Waals surface area (Å²) in [6, 6.07) is 8.04.